The van der Waals surface area contributed by atoms with Crippen LogP contribution < -0.4 is 10.1 Å². The van der Waals surface area contributed by atoms with Gasteiger partial charge in [-0.15, -0.1) is 0 Å². The van der Waals surface area contributed by atoms with Crippen LogP contribution in [0.5, 0.6) is 5.88 Å². The molecule has 3 heterocycles. The minimum atomic E-state index is -4.31. The van der Waals surface area contributed by atoms with Crippen LogP contribution in [0, 0.1) is 12.8 Å². The molecule has 4 rings (SSSR count). The Morgan fingerprint density at radius 2 is 1.85 bits per heavy atom. The molecule has 1 N–H and O–H groups in total. The number of nitrogens with one attached hydrogen (secondary N) is 1. The molecule has 2 amide bonds. The van der Waals surface area contributed by atoms with Crippen molar-refractivity contribution in [2.45, 2.75) is 96.5 Å². The van der Waals surface area contributed by atoms with Crippen molar-refractivity contribution in [3.63, 3.8) is 0 Å². The lowest BCUT2D eigenvalue weighted by Crippen LogP contribution is -2.46. The number of aryl methyl sites for hydroxylation is 3. The van der Waals surface area contributed by atoms with Crippen molar-refractivity contribution in [2.24, 2.45) is 5.92 Å². The third-order valence-electron chi connectivity index (χ3n) is 7.71. The molecule has 39 heavy (non-hydrogen) atoms. The second kappa shape index (κ2) is 12.8. The summed E-state index contributed by atoms with van der Waals surface area (Å²) in [5, 5.41) is 7.34. The van der Waals surface area contributed by atoms with E-state index in [0.717, 1.165) is 37.7 Å². The molecule has 2 fully saturated rings. The van der Waals surface area contributed by atoms with E-state index in [1.807, 2.05) is 19.1 Å². The Balaban J connectivity index is 1.33. The molecule has 2 aromatic heterocycles. The molecule has 214 valence electrons. The summed E-state index contributed by atoms with van der Waals surface area (Å²) in [7, 11) is 0. The number of likely N-dealkylation sites (tertiary alicyclic amines) is 1. The van der Waals surface area contributed by atoms with Gasteiger partial charge in [0.2, 0.25) is 11.8 Å². The number of halogens is 3. The number of hydrogen-bond acceptors (Lipinski definition) is 5. The van der Waals surface area contributed by atoms with E-state index >= 15 is 0 Å². The molecule has 0 aromatic carbocycles. The quantitative estimate of drug-likeness (QED) is 0.483. The summed E-state index contributed by atoms with van der Waals surface area (Å²) in [6.45, 7) is 4.84. The zero-order valence-corrected chi connectivity index (χ0v) is 22.7. The highest BCUT2D eigenvalue weighted by atomic mass is 19.4. The summed E-state index contributed by atoms with van der Waals surface area (Å²) < 4.78 is 46.7. The minimum Gasteiger partial charge on any atom is -0.474 e. The second-order valence-corrected chi connectivity index (χ2v) is 10.8. The number of pyridine rings is 1. The van der Waals surface area contributed by atoms with Crippen molar-refractivity contribution in [3.8, 4) is 5.88 Å². The first-order valence-electron chi connectivity index (χ1n) is 13.8. The van der Waals surface area contributed by atoms with E-state index in [9.17, 15) is 22.8 Å². The monoisotopic (exact) mass is 549 g/mol. The van der Waals surface area contributed by atoms with E-state index in [-0.39, 0.29) is 36.1 Å². The first-order chi connectivity index (χ1) is 18.6. The zero-order chi connectivity index (χ0) is 28.0. The van der Waals surface area contributed by atoms with Gasteiger partial charge in [-0.3, -0.25) is 14.3 Å². The van der Waals surface area contributed by atoms with Crippen molar-refractivity contribution >= 4 is 11.8 Å². The number of hydrogen-bond donors (Lipinski definition) is 1. The van der Waals surface area contributed by atoms with Crippen LogP contribution in [0.1, 0.15) is 79.9 Å². The van der Waals surface area contributed by atoms with Crippen molar-refractivity contribution < 1.29 is 27.5 Å². The average Bonchev–Trinajstić information content (AvgIpc) is 3.31. The van der Waals surface area contributed by atoms with E-state index in [1.54, 1.807) is 22.0 Å². The SMILES string of the molecule is CC(=O)NC1CCN(C(=O)c2nn(CC[C@H]3CC[C@@H](Oc4ncccc4C)CC3)cc2CCC(F)(F)F)CC1. The number of rotatable bonds is 9. The number of aromatic nitrogens is 3. The van der Waals surface area contributed by atoms with Gasteiger partial charge in [-0.1, -0.05) is 6.07 Å². The molecule has 11 heteroatoms. The number of piperidine rings is 1. The van der Waals surface area contributed by atoms with Crippen LogP contribution in [0.15, 0.2) is 24.5 Å². The fraction of sp³-hybridized carbons (Fsp3) is 0.643. The maximum atomic E-state index is 13.3. The van der Waals surface area contributed by atoms with Gasteiger partial charge in [0.05, 0.1) is 0 Å². The van der Waals surface area contributed by atoms with E-state index in [1.165, 1.54) is 6.92 Å². The summed E-state index contributed by atoms with van der Waals surface area (Å²) in [6.07, 6.45) is 3.78. The van der Waals surface area contributed by atoms with Gasteiger partial charge in [0.1, 0.15) is 6.10 Å². The van der Waals surface area contributed by atoms with Crippen LogP contribution in [0.4, 0.5) is 13.2 Å². The van der Waals surface area contributed by atoms with Gasteiger partial charge in [-0.25, -0.2) is 4.98 Å². The molecule has 1 saturated heterocycles. The van der Waals surface area contributed by atoms with Gasteiger partial charge >= 0.3 is 6.18 Å². The van der Waals surface area contributed by atoms with Crippen LogP contribution in [-0.2, 0) is 17.8 Å². The van der Waals surface area contributed by atoms with Crippen LogP contribution in [0.25, 0.3) is 0 Å². The van der Waals surface area contributed by atoms with Gasteiger partial charge in [0, 0.05) is 62.5 Å². The van der Waals surface area contributed by atoms with Crippen LogP contribution in [-0.4, -0.2) is 62.9 Å². The highest BCUT2D eigenvalue weighted by molar-refractivity contribution is 5.93. The summed E-state index contributed by atoms with van der Waals surface area (Å²) in [6, 6.07) is 3.87. The lowest BCUT2D eigenvalue weighted by molar-refractivity contribution is -0.134. The number of carbonyl (C=O) groups is 2. The Hall–Kier alpha value is -3.11. The predicted octanol–water partition coefficient (Wildman–Crippen LogP) is 4.85. The molecule has 0 unspecified atom stereocenters. The maximum absolute atomic E-state index is 13.3. The van der Waals surface area contributed by atoms with Crippen molar-refractivity contribution in [1.29, 1.82) is 0 Å². The van der Waals surface area contributed by atoms with Gasteiger partial charge in [-0.2, -0.15) is 18.3 Å². The Bertz CT molecular complexity index is 1120. The first kappa shape index (κ1) is 28.9. The summed E-state index contributed by atoms with van der Waals surface area (Å²) in [5.41, 5.74) is 1.46. The lowest BCUT2D eigenvalue weighted by atomic mass is 9.85. The van der Waals surface area contributed by atoms with Crippen LogP contribution >= 0.6 is 0 Å². The Kier molecular flexibility index (Phi) is 9.50. The fourth-order valence-corrected chi connectivity index (χ4v) is 5.49. The number of ether oxygens (including phenoxy) is 1. The Morgan fingerprint density at radius 3 is 2.49 bits per heavy atom. The number of amides is 2. The van der Waals surface area contributed by atoms with E-state index in [0.29, 0.717) is 49.8 Å². The number of nitrogens with zero attached hydrogens (tertiary/aromatic N) is 4. The van der Waals surface area contributed by atoms with Gasteiger partial charge in [0.25, 0.3) is 5.91 Å². The molecule has 2 aromatic rings. The third kappa shape index (κ3) is 8.44. The predicted molar refractivity (Wildman–Crippen MR) is 139 cm³/mol. The molecule has 0 atom stereocenters. The largest absolute Gasteiger partial charge is 0.474 e. The lowest BCUT2D eigenvalue weighted by Gasteiger charge is -2.32. The highest BCUT2D eigenvalue weighted by Gasteiger charge is 2.31. The summed E-state index contributed by atoms with van der Waals surface area (Å²) >= 11 is 0. The van der Waals surface area contributed by atoms with Gasteiger partial charge < -0.3 is 15.0 Å². The molecule has 1 saturated carbocycles. The standard InChI is InChI=1S/C28H38F3N5O3/c1-19-4-3-14-32-26(19)39-24-7-5-21(6-8-24)10-17-36-18-22(9-13-28(29,30)31)25(34-36)27(38)35-15-11-23(12-16-35)33-20(2)37/h3-4,14,18,21,23-24H,5-13,15-17H2,1-2H3,(H,33,37)/t21-,24+. The fourth-order valence-electron chi connectivity index (χ4n) is 5.49. The average molecular weight is 550 g/mol. The van der Waals surface area contributed by atoms with Crippen LogP contribution in [0.3, 0.4) is 0 Å². The van der Waals surface area contributed by atoms with Crippen molar-refractivity contribution in [1.82, 2.24) is 25.0 Å². The Labute approximate surface area is 227 Å². The number of alkyl halides is 3. The molecular weight excluding hydrogens is 511 g/mol. The van der Waals surface area contributed by atoms with Gasteiger partial charge in [-0.05, 0) is 70.3 Å². The third-order valence-corrected chi connectivity index (χ3v) is 7.71. The summed E-state index contributed by atoms with van der Waals surface area (Å²) in [4.78, 5) is 30.5. The van der Waals surface area contributed by atoms with Gasteiger partial charge in [0.15, 0.2) is 5.69 Å². The second-order valence-electron chi connectivity index (χ2n) is 10.8. The van der Waals surface area contributed by atoms with E-state index in [4.69, 9.17) is 4.74 Å². The highest BCUT2D eigenvalue weighted by Crippen LogP contribution is 2.31. The normalized spacial score (nSPS) is 20.6. The van der Waals surface area contributed by atoms with E-state index < -0.39 is 12.6 Å². The van der Waals surface area contributed by atoms with Crippen molar-refractivity contribution in [3.05, 3.63) is 41.3 Å². The van der Waals surface area contributed by atoms with Crippen molar-refractivity contribution in [2.75, 3.05) is 13.1 Å². The molecule has 1 aliphatic carbocycles. The molecule has 8 nitrogen and oxygen atoms in total. The Morgan fingerprint density at radius 1 is 1.13 bits per heavy atom. The summed E-state index contributed by atoms with van der Waals surface area (Å²) in [5.74, 6) is 0.691. The minimum absolute atomic E-state index is 0.00211. The van der Waals surface area contributed by atoms with Crippen LogP contribution in [0.2, 0.25) is 0 Å². The maximum Gasteiger partial charge on any atom is 0.389 e. The molecule has 2 aliphatic rings. The topological polar surface area (TPSA) is 89.4 Å². The zero-order valence-electron chi connectivity index (χ0n) is 22.7. The molecule has 0 spiro atoms. The molecule has 0 bridgehead atoms. The van der Waals surface area contributed by atoms with E-state index in [2.05, 4.69) is 15.4 Å². The first-order valence-corrected chi connectivity index (χ1v) is 13.8. The smallest absolute Gasteiger partial charge is 0.389 e. The molecular formula is C28H38F3N5O3. The molecule has 1 aliphatic heterocycles. The number of carbonyl (C=O) groups excluding carboxylic acids is 2. The molecule has 0 radical (unpaired) electrons.